The van der Waals surface area contributed by atoms with Gasteiger partial charge in [0.2, 0.25) is 5.13 Å². The first-order chi connectivity index (χ1) is 6.84. The fourth-order valence-corrected chi connectivity index (χ4v) is 3.42. The first kappa shape index (κ1) is 8.61. The molecule has 1 aromatic heterocycles. The zero-order chi connectivity index (χ0) is 9.54. The van der Waals surface area contributed by atoms with Crippen molar-refractivity contribution in [3.8, 4) is 0 Å². The predicted octanol–water partition coefficient (Wildman–Crippen LogP) is 1.03. The zero-order valence-electron chi connectivity index (χ0n) is 7.83. The van der Waals surface area contributed by atoms with Gasteiger partial charge in [0.15, 0.2) is 0 Å². The number of fused-ring (bicyclic) bond motifs is 2. The van der Waals surface area contributed by atoms with E-state index in [-0.39, 0.29) is 6.10 Å². The van der Waals surface area contributed by atoms with Crippen LogP contribution in [0.5, 0.6) is 0 Å². The monoisotopic (exact) mass is 211 g/mol. The van der Waals surface area contributed by atoms with Crippen molar-refractivity contribution in [3.05, 3.63) is 6.33 Å². The zero-order valence-corrected chi connectivity index (χ0v) is 8.65. The molecule has 3 heterocycles. The smallest absolute Gasteiger partial charge is 0.205 e. The summed E-state index contributed by atoms with van der Waals surface area (Å²) in [5.74, 6) is 0. The Kier molecular flexibility index (Phi) is 1.95. The Labute approximate surface area is 86.7 Å². The lowest BCUT2D eigenvalue weighted by Gasteiger charge is -2.36. The van der Waals surface area contributed by atoms with E-state index in [1.54, 1.807) is 6.33 Å². The molecule has 0 saturated carbocycles. The average Bonchev–Trinajstić information content (AvgIpc) is 2.72. The summed E-state index contributed by atoms with van der Waals surface area (Å²) in [6.45, 7) is 0. The Bertz CT molecular complexity index is 302. The Morgan fingerprint density at radius 2 is 2.07 bits per heavy atom. The molecular weight excluding hydrogens is 198 g/mol. The fourth-order valence-electron chi connectivity index (χ4n) is 2.74. The van der Waals surface area contributed by atoms with Crippen molar-refractivity contribution in [2.45, 2.75) is 43.9 Å². The summed E-state index contributed by atoms with van der Waals surface area (Å²) in [5.41, 5.74) is 0. The minimum Gasteiger partial charge on any atom is -0.393 e. The van der Waals surface area contributed by atoms with E-state index in [2.05, 4.69) is 14.3 Å². The first-order valence-electron chi connectivity index (χ1n) is 5.07. The number of nitrogens with zero attached hydrogens (tertiary/aromatic N) is 3. The molecule has 0 radical (unpaired) electrons. The Hall–Kier alpha value is -0.680. The highest BCUT2D eigenvalue weighted by Crippen LogP contribution is 2.39. The molecule has 2 bridgehead atoms. The SMILES string of the molecule is OC1CC2CCC(C1)N2c1ncns1. The van der Waals surface area contributed by atoms with Crippen molar-refractivity contribution in [2.75, 3.05) is 4.90 Å². The molecule has 5 heteroatoms. The van der Waals surface area contributed by atoms with Gasteiger partial charge in [-0.1, -0.05) is 0 Å². The molecule has 2 unspecified atom stereocenters. The van der Waals surface area contributed by atoms with Crippen molar-refractivity contribution in [3.63, 3.8) is 0 Å². The van der Waals surface area contributed by atoms with E-state index in [1.807, 2.05) is 0 Å². The standard InChI is InChI=1S/C9H13N3OS/c13-8-3-6-1-2-7(4-8)12(6)9-10-5-11-14-9/h5-8,13H,1-4H2. The summed E-state index contributed by atoms with van der Waals surface area (Å²) in [6.07, 6.45) is 5.70. The summed E-state index contributed by atoms with van der Waals surface area (Å²) in [4.78, 5) is 6.62. The predicted molar refractivity (Wildman–Crippen MR) is 54.4 cm³/mol. The molecule has 1 N–H and O–H groups in total. The van der Waals surface area contributed by atoms with Crippen LogP contribution in [0.25, 0.3) is 0 Å². The van der Waals surface area contributed by atoms with Crippen molar-refractivity contribution in [1.29, 1.82) is 0 Å². The Morgan fingerprint density at radius 1 is 1.36 bits per heavy atom. The second-order valence-corrected chi connectivity index (χ2v) is 4.90. The third kappa shape index (κ3) is 1.23. The van der Waals surface area contributed by atoms with Crippen LogP contribution in [0.1, 0.15) is 25.7 Å². The van der Waals surface area contributed by atoms with E-state index in [0.717, 1.165) is 18.0 Å². The summed E-state index contributed by atoms with van der Waals surface area (Å²) in [5, 5.41) is 10.7. The molecule has 2 fully saturated rings. The number of piperidine rings is 1. The highest BCUT2D eigenvalue weighted by atomic mass is 32.1. The van der Waals surface area contributed by atoms with Crippen LogP contribution in [0, 0.1) is 0 Å². The van der Waals surface area contributed by atoms with Crippen molar-refractivity contribution < 1.29 is 5.11 Å². The number of hydrogen-bond acceptors (Lipinski definition) is 5. The number of aliphatic hydroxyl groups excluding tert-OH is 1. The van der Waals surface area contributed by atoms with Crippen LogP contribution >= 0.6 is 11.5 Å². The van der Waals surface area contributed by atoms with Gasteiger partial charge in [0, 0.05) is 23.6 Å². The number of aliphatic hydroxyl groups is 1. The number of hydrogen-bond donors (Lipinski definition) is 1. The first-order valence-corrected chi connectivity index (χ1v) is 5.85. The van der Waals surface area contributed by atoms with Gasteiger partial charge in [0.1, 0.15) is 6.33 Å². The summed E-state index contributed by atoms with van der Waals surface area (Å²) in [6, 6.07) is 0.994. The molecule has 4 nitrogen and oxygen atoms in total. The highest BCUT2D eigenvalue weighted by Gasteiger charge is 2.41. The number of aromatic nitrogens is 2. The van der Waals surface area contributed by atoms with Crippen LogP contribution in [-0.2, 0) is 0 Å². The third-order valence-electron chi connectivity index (χ3n) is 3.28. The normalized spacial score (nSPS) is 36.4. The molecule has 0 aromatic carbocycles. The quantitative estimate of drug-likeness (QED) is 0.753. The van der Waals surface area contributed by atoms with Gasteiger partial charge < -0.3 is 10.0 Å². The highest BCUT2D eigenvalue weighted by molar-refractivity contribution is 7.09. The van der Waals surface area contributed by atoms with E-state index in [0.29, 0.717) is 12.1 Å². The molecular formula is C9H13N3OS. The lowest BCUT2D eigenvalue weighted by Crippen LogP contribution is -2.44. The number of rotatable bonds is 1. The third-order valence-corrected chi connectivity index (χ3v) is 3.96. The maximum Gasteiger partial charge on any atom is 0.205 e. The van der Waals surface area contributed by atoms with Crippen molar-refractivity contribution in [1.82, 2.24) is 9.36 Å². The number of anilines is 1. The van der Waals surface area contributed by atoms with Crippen LogP contribution in [0.4, 0.5) is 5.13 Å². The minimum absolute atomic E-state index is 0.100. The molecule has 14 heavy (non-hydrogen) atoms. The largest absolute Gasteiger partial charge is 0.393 e. The molecule has 2 saturated heterocycles. The molecule has 3 rings (SSSR count). The summed E-state index contributed by atoms with van der Waals surface area (Å²) < 4.78 is 4.04. The molecule has 0 amide bonds. The molecule has 2 aliphatic rings. The molecule has 1 aromatic rings. The Morgan fingerprint density at radius 3 is 2.64 bits per heavy atom. The topological polar surface area (TPSA) is 49.2 Å². The van der Waals surface area contributed by atoms with Crippen molar-refractivity contribution in [2.24, 2.45) is 0 Å². The van der Waals surface area contributed by atoms with E-state index < -0.39 is 0 Å². The second kappa shape index (κ2) is 3.17. The van der Waals surface area contributed by atoms with Gasteiger partial charge in [-0.25, -0.2) is 4.98 Å². The Balaban J connectivity index is 1.88. The lowest BCUT2D eigenvalue weighted by molar-refractivity contribution is 0.126. The van der Waals surface area contributed by atoms with Gasteiger partial charge in [-0.05, 0) is 25.7 Å². The summed E-state index contributed by atoms with van der Waals surface area (Å²) >= 11 is 1.46. The molecule has 2 atom stereocenters. The van der Waals surface area contributed by atoms with Crippen LogP contribution in [0.15, 0.2) is 6.33 Å². The van der Waals surface area contributed by atoms with Gasteiger partial charge >= 0.3 is 0 Å². The van der Waals surface area contributed by atoms with E-state index in [9.17, 15) is 5.11 Å². The van der Waals surface area contributed by atoms with Crippen LogP contribution in [0.2, 0.25) is 0 Å². The molecule has 0 spiro atoms. The van der Waals surface area contributed by atoms with Crippen molar-refractivity contribution >= 4 is 16.7 Å². The second-order valence-electron chi connectivity index (χ2n) is 4.14. The van der Waals surface area contributed by atoms with Crippen LogP contribution in [-0.4, -0.2) is 32.7 Å². The average molecular weight is 211 g/mol. The van der Waals surface area contributed by atoms with E-state index in [1.165, 1.54) is 24.4 Å². The lowest BCUT2D eigenvalue weighted by atomic mass is 10.0. The molecule has 0 aliphatic carbocycles. The fraction of sp³-hybridized carbons (Fsp3) is 0.778. The maximum absolute atomic E-state index is 9.65. The van der Waals surface area contributed by atoms with Crippen LogP contribution in [0.3, 0.4) is 0 Å². The van der Waals surface area contributed by atoms with Crippen LogP contribution < -0.4 is 4.90 Å². The van der Waals surface area contributed by atoms with E-state index in [4.69, 9.17) is 0 Å². The van der Waals surface area contributed by atoms with Gasteiger partial charge in [-0.3, -0.25) is 0 Å². The van der Waals surface area contributed by atoms with Gasteiger partial charge in [-0.2, -0.15) is 4.37 Å². The molecule has 76 valence electrons. The molecule has 2 aliphatic heterocycles. The summed E-state index contributed by atoms with van der Waals surface area (Å²) in [7, 11) is 0. The maximum atomic E-state index is 9.65. The van der Waals surface area contributed by atoms with Gasteiger partial charge in [0.25, 0.3) is 0 Å². The van der Waals surface area contributed by atoms with Gasteiger partial charge in [-0.15, -0.1) is 0 Å². The minimum atomic E-state index is -0.100. The van der Waals surface area contributed by atoms with Gasteiger partial charge in [0.05, 0.1) is 6.10 Å². The van der Waals surface area contributed by atoms with E-state index >= 15 is 0 Å².